The molecule has 0 amide bonds. The predicted octanol–water partition coefficient (Wildman–Crippen LogP) is 3.52. The molecule has 3 nitrogen and oxygen atoms in total. The van der Waals surface area contributed by atoms with Crippen LogP contribution in [0.25, 0.3) is 0 Å². The first-order chi connectivity index (χ1) is 9.14. The van der Waals surface area contributed by atoms with Crippen LogP contribution in [0.5, 0.6) is 0 Å². The van der Waals surface area contributed by atoms with Gasteiger partial charge >= 0.3 is 0 Å². The minimum absolute atomic E-state index is 0.0530. The van der Waals surface area contributed by atoms with Gasteiger partial charge in [0.1, 0.15) is 5.01 Å². The van der Waals surface area contributed by atoms with Crippen molar-refractivity contribution in [2.45, 2.75) is 51.5 Å². The molecule has 0 radical (unpaired) electrons. The molecule has 0 bridgehead atoms. The summed E-state index contributed by atoms with van der Waals surface area (Å²) in [6.07, 6.45) is 3.72. The average Bonchev–Trinajstić information content (AvgIpc) is 3.11. The summed E-state index contributed by atoms with van der Waals surface area (Å²) < 4.78 is 5.53. The van der Waals surface area contributed by atoms with Crippen molar-refractivity contribution < 1.29 is 4.74 Å². The summed E-state index contributed by atoms with van der Waals surface area (Å²) in [5.74, 6) is 1.18. The SMILES string of the molecule is CCCNC(COC)(c1nc(C(C)C)cs1)C1CC1. The van der Waals surface area contributed by atoms with E-state index in [4.69, 9.17) is 9.72 Å². The normalized spacial score (nSPS) is 18.8. The molecule has 0 aromatic carbocycles. The summed E-state index contributed by atoms with van der Waals surface area (Å²) in [7, 11) is 1.79. The Morgan fingerprint density at radius 1 is 1.53 bits per heavy atom. The Labute approximate surface area is 120 Å². The van der Waals surface area contributed by atoms with Gasteiger partial charge in [-0.3, -0.25) is 0 Å². The molecule has 0 aliphatic heterocycles. The van der Waals surface area contributed by atoms with Gasteiger partial charge in [0.25, 0.3) is 0 Å². The fraction of sp³-hybridized carbons (Fsp3) is 0.800. The van der Waals surface area contributed by atoms with Gasteiger partial charge in [0.2, 0.25) is 0 Å². The molecule has 19 heavy (non-hydrogen) atoms. The van der Waals surface area contributed by atoms with Crippen LogP contribution >= 0.6 is 11.3 Å². The molecule has 0 saturated heterocycles. The third-order valence-corrected chi connectivity index (χ3v) is 4.87. The lowest BCUT2D eigenvalue weighted by Gasteiger charge is -2.32. The van der Waals surface area contributed by atoms with E-state index in [1.807, 2.05) is 0 Å². The summed E-state index contributed by atoms with van der Waals surface area (Å²) in [6, 6.07) is 0. The van der Waals surface area contributed by atoms with Gasteiger partial charge in [-0.05, 0) is 37.6 Å². The van der Waals surface area contributed by atoms with Gasteiger partial charge in [-0.25, -0.2) is 4.98 Å². The molecule has 1 aliphatic carbocycles. The smallest absolute Gasteiger partial charge is 0.116 e. The zero-order valence-electron chi connectivity index (χ0n) is 12.5. The van der Waals surface area contributed by atoms with Crippen LogP contribution in [-0.2, 0) is 10.3 Å². The molecule has 108 valence electrons. The van der Waals surface area contributed by atoms with E-state index in [1.165, 1.54) is 23.5 Å². The molecular weight excluding hydrogens is 256 g/mol. The molecule has 1 aliphatic rings. The van der Waals surface area contributed by atoms with E-state index >= 15 is 0 Å². The van der Waals surface area contributed by atoms with Crippen LogP contribution in [0.15, 0.2) is 5.38 Å². The fourth-order valence-electron chi connectivity index (χ4n) is 2.53. The first kappa shape index (κ1) is 14.9. The maximum Gasteiger partial charge on any atom is 0.116 e. The second-order valence-corrected chi connectivity index (χ2v) is 6.70. The molecule has 4 heteroatoms. The molecule has 1 heterocycles. The van der Waals surface area contributed by atoms with Crippen molar-refractivity contribution in [2.24, 2.45) is 5.92 Å². The van der Waals surface area contributed by atoms with Crippen molar-refractivity contribution in [3.63, 3.8) is 0 Å². The second-order valence-electron chi connectivity index (χ2n) is 5.84. The zero-order valence-corrected chi connectivity index (χ0v) is 13.3. The number of rotatable bonds is 8. The zero-order chi connectivity index (χ0) is 13.9. The predicted molar refractivity (Wildman–Crippen MR) is 80.8 cm³/mol. The number of nitrogens with one attached hydrogen (secondary N) is 1. The number of hydrogen-bond acceptors (Lipinski definition) is 4. The Bertz CT molecular complexity index is 401. The summed E-state index contributed by atoms with van der Waals surface area (Å²) in [6.45, 7) is 8.36. The quantitative estimate of drug-likeness (QED) is 0.792. The van der Waals surface area contributed by atoms with Crippen LogP contribution in [0.4, 0.5) is 0 Å². The monoisotopic (exact) mass is 282 g/mol. The Morgan fingerprint density at radius 2 is 2.26 bits per heavy atom. The van der Waals surface area contributed by atoms with Crippen molar-refractivity contribution >= 4 is 11.3 Å². The number of methoxy groups -OCH3 is 1. The molecule has 1 N–H and O–H groups in total. The topological polar surface area (TPSA) is 34.1 Å². The number of thiazole rings is 1. The highest BCUT2D eigenvalue weighted by Crippen LogP contribution is 2.47. The number of aromatic nitrogens is 1. The average molecular weight is 282 g/mol. The van der Waals surface area contributed by atoms with E-state index in [0.29, 0.717) is 11.8 Å². The minimum Gasteiger partial charge on any atom is -0.382 e. The third kappa shape index (κ3) is 3.18. The Morgan fingerprint density at radius 3 is 2.74 bits per heavy atom. The van der Waals surface area contributed by atoms with Crippen molar-refractivity contribution in [1.82, 2.24) is 10.3 Å². The summed E-state index contributed by atoms with van der Waals surface area (Å²) in [5.41, 5.74) is 1.15. The van der Waals surface area contributed by atoms with Gasteiger partial charge < -0.3 is 10.1 Å². The van der Waals surface area contributed by atoms with Gasteiger partial charge in [-0.1, -0.05) is 20.8 Å². The van der Waals surface area contributed by atoms with Crippen LogP contribution in [0.3, 0.4) is 0 Å². The van der Waals surface area contributed by atoms with E-state index in [-0.39, 0.29) is 5.54 Å². The van der Waals surface area contributed by atoms with Crippen molar-refractivity contribution in [2.75, 3.05) is 20.3 Å². The third-order valence-electron chi connectivity index (χ3n) is 3.83. The largest absolute Gasteiger partial charge is 0.382 e. The Kier molecular flexibility index (Phi) is 4.98. The Balaban J connectivity index is 2.28. The number of nitrogens with zero attached hydrogens (tertiary/aromatic N) is 1. The van der Waals surface area contributed by atoms with Gasteiger partial charge in [0, 0.05) is 12.5 Å². The summed E-state index contributed by atoms with van der Waals surface area (Å²) in [5, 5.41) is 7.16. The number of ether oxygens (including phenoxy) is 1. The minimum atomic E-state index is -0.0530. The second kappa shape index (κ2) is 6.33. The van der Waals surface area contributed by atoms with Crippen LogP contribution in [0.2, 0.25) is 0 Å². The van der Waals surface area contributed by atoms with Crippen molar-refractivity contribution in [1.29, 1.82) is 0 Å². The Hall–Kier alpha value is -0.450. The molecule has 0 spiro atoms. The molecule has 1 fully saturated rings. The standard InChI is InChI=1S/C15H26N2OS/c1-5-8-16-15(10-18-4,12-6-7-12)14-17-13(9-19-14)11(2)3/h9,11-12,16H,5-8,10H2,1-4H3. The summed E-state index contributed by atoms with van der Waals surface area (Å²) >= 11 is 1.79. The maximum absolute atomic E-state index is 5.53. The van der Waals surface area contributed by atoms with Gasteiger partial charge in [-0.2, -0.15) is 0 Å². The van der Waals surface area contributed by atoms with Crippen LogP contribution in [0.1, 0.15) is 56.7 Å². The van der Waals surface area contributed by atoms with Crippen LogP contribution in [0, 0.1) is 5.92 Å². The van der Waals surface area contributed by atoms with Crippen molar-refractivity contribution in [3.05, 3.63) is 16.1 Å². The molecule has 1 aromatic heterocycles. The van der Waals surface area contributed by atoms with Gasteiger partial charge in [-0.15, -0.1) is 11.3 Å². The van der Waals surface area contributed by atoms with E-state index in [1.54, 1.807) is 18.4 Å². The maximum atomic E-state index is 5.53. The molecule has 1 saturated carbocycles. The molecule has 1 aromatic rings. The highest BCUT2D eigenvalue weighted by Gasteiger charge is 2.48. The molecule has 1 unspecified atom stereocenters. The number of hydrogen-bond donors (Lipinski definition) is 1. The molecule has 1 atom stereocenters. The lowest BCUT2D eigenvalue weighted by molar-refractivity contribution is 0.0924. The first-order valence-electron chi connectivity index (χ1n) is 7.34. The fourth-order valence-corrected chi connectivity index (χ4v) is 3.76. The molecule has 2 rings (SSSR count). The highest BCUT2D eigenvalue weighted by molar-refractivity contribution is 7.09. The van der Waals surface area contributed by atoms with Crippen molar-refractivity contribution in [3.8, 4) is 0 Å². The lowest BCUT2D eigenvalue weighted by atomic mass is 9.94. The van der Waals surface area contributed by atoms with E-state index in [0.717, 1.165) is 19.6 Å². The van der Waals surface area contributed by atoms with E-state index in [9.17, 15) is 0 Å². The van der Waals surface area contributed by atoms with Crippen LogP contribution < -0.4 is 5.32 Å². The highest BCUT2D eigenvalue weighted by atomic mass is 32.1. The summed E-state index contributed by atoms with van der Waals surface area (Å²) in [4.78, 5) is 4.89. The van der Waals surface area contributed by atoms with E-state index in [2.05, 4.69) is 31.5 Å². The molecular formula is C15H26N2OS. The van der Waals surface area contributed by atoms with Crippen LogP contribution in [-0.4, -0.2) is 25.2 Å². The first-order valence-corrected chi connectivity index (χ1v) is 8.22. The lowest BCUT2D eigenvalue weighted by Crippen LogP contribution is -2.48. The van der Waals surface area contributed by atoms with E-state index < -0.39 is 0 Å². The van der Waals surface area contributed by atoms with Gasteiger partial charge in [0.05, 0.1) is 17.8 Å². The van der Waals surface area contributed by atoms with Gasteiger partial charge in [0.15, 0.2) is 0 Å².